The van der Waals surface area contributed by atoms with E-state index in [1.807, 2.05) is 0 Å². The number of aromatic carboxylic acids is 1. The molecule has 1 N–H and O–H groups in total. The molecule has 0 bridgehead atoms. The summed E-state index contributed by atoms with van der Waals surface area (Å²) < 4.78 is 26.8. The highest BCUT2D eigenvalue weighted by atomic mass is 32.2. The van der Waals surface area contributed by atoms with Crippen molar-refractivity contribution in [2.45, 2.75) is 37.5 Å². The average Bonchev–Trinajstić information content (AvgIpc) is 3.29. The molecule has 0 aliphatic heterocycles. The van der Waals surface area contributed by atoms with Gasteiger partial charge in [0.25, 0.3) is 0 Å². The molecule has 1 aromatic rings. The molecule has 0 saturated heterocycles. The quantitative estimate of drug-likeness (QED) is 0.837. The summed E-state index contributed by atoms with van der Waals surface area (Å²) in [5.41, 5.74) is 0.814. The predicted octanol–water partition coefficient (Wildman–Crippen LogP) is 2.09. The second-order valence-electron chi connectivity index (χ2n) is 6.00. The third-order valence-electron chi connectivity index (χ3n) is 4.00. The first-order chi connectivity index (χ1) is 9.95. The van der Waals surface area contributed by atoms with E-state index < -0.39 is 16.0 Å². The normalized spacial score (nSPS) is 18.9. The molecule has 6 heteroatoms. The number of hydrogen-bond donors (Lipinski definition) is 1. The second kappa shape index (κ2) is 5.42. The highest BCUT2D eigenvalue weighted by Crippen LogP contribution is 2.37. The molecular formula is C15H19NO4S. The van der Waals surface area contributed by atoms with Gasteiger partial charge in [0, 0.05) is 12.6 Å². The summed E-state index contributed by atoms with van der Waals surface area (Å²) in [5, 5.41) is 8.86. The molecule has 2 saturated carbocycles. The van der Waals surface area contributed by atoms with Crippen LogP contribution in [0, 0.1) is 5.92 Å². The Balaban J connectivity index is 1.72. The van der Waals surface area contributed by atoms with E-state index in [0.717, 1.165) is 25.7 Å². The summed E-state index contributed by atoms with van der Waals surface area (Å²) >= 11 is 0. The van der Waals surface area contributed by atoms with Crippen molar-refractivity contribution < 1.29 is 18.3 Å². The van der Waals surface area contributed by atoms with Crippen molar-refractivity contribution in [3.8, 4) is 0 Å². The fraction of sp³-hybridized carbons (Fsp3) is 0.533. The molecule has 21 heavy (non-hydrogen) atoms. The maximum absolute atomic E-state index is 12.6. The van der Waals surface area contributed by atoms with E-state index in [4.69, 9.17) is 5.11 Å². The Morgan fingerprint density at radius 2 is 1.76 bits per heavy atom. The Kier molecular flexibility index (Phi) is 3.75. The molecule has 0 radical (unpaired) electrons. The largest absolute Gasteiger partial charge is 0.478 e. The molecule has 3 rings (SSSR count). The van der Waals surface area contributed by atoms with E-state index >= 15 is 0 Å². The van der Waals surface area contributed by atoms with Gasteiger partial charge < -0.3 is 5.11 Å². The van der Waals surface area contributed by atoms with Gasteiger partial charge in [-0.3, -0.25) is 0 Å². The van der Waals surface area contributed by atoms with Gasteiger partial charge in [0.15, 0.2) is 0 Å². The van der Waals surface area contributed by atoms with Gasteiger partial charge in [-0.2, -0.15) is 4.31 Å². The molecule has 0 unspecified atom stereocenters. The minimum Gasteiger partial charge on any atom is -0.478 e. The van der Waals surface area contributed by atoms with Gasteiger partial charge in [-0.1, -0.05) is 12.1 Å². The maximum atomic E-state index is 12.6. The molecule has 0 heterocycles. The standard InChI is InChI=1S/C15H19NO4S/c17-15(18)13-5-3-12(4-6-13)10-21(19,20)16(14-7-8-14)9-11-1-2-11/h3-6,11,14H,1-2,7-10H2,(H,17,18). The number of hydrogen-bond acceptors (Lipinski definition) is 3. The number of sulfonamides is 1. The molecule has 0 atom stereocenters. The zero-order valence-electron chi connectivity index (χ0n) is 11.7. The number of rotatable bonds is 7. The number of carboxylic acid groups (broad SMARTS) is 1. The molecule has 2 aliphatic rings. The van der Waals surface area contributed by atoms with Crippen LogP contribution in [-0.4, -0.2) is 36.4 Å². The van der Waals surface area contributed by atoms with Crippen LogP contribution in [0.3, 0.4) is 0 Å². The van der Waals surface area contributed by atoms with Crippen molar-refractivity contribution >= 4 is 16.0 Å². The first-order valence-electron chi connectivity index (χ1n) is 7.27. The van der Waals surface area contributed by atoms with Crippen LogP contribution in [0.4, 0.5) is 0 Å². The van der Waals surface area contributed by atoms with E-state index in [0.29, 0.717) is 18.0 Å². The SMILES string of the molecule is O=C(O)c1ccc(CS(=O)(=O)N(CC2CC2)C2CC2)cc1. The minimum absolute atomic E-state index is 0.0455. The number of benzene rings is 1. The zero-order chi connectivity index (χ0) is 15.0. The Labute approximate surface area is 124 Å². The average molecular weight is 309 g/mol. The van der Waals surface area contributed by atoms with Crippen LogP contribution in [-0.2, 0) is 15.8 Å². The van der Waals surface area contributed by atoms with Crippen molar-refractivity contribution in [1.82, 2.24) is 4.31 Å². The monoisotopic (exact) mass is 309 g/mol. The third kappa shape index (κ3) is 3.63. The van der Waals surface area contributed by atoms with Gasteiger partial charge in [-0.05, 0) is 49.3 Å². The molecule has 5 nitrogen and oxygen atoms in total. The third-order valence-corrected chi connectivity index (χ3v) is 5.86. The van der Waals surface area contributed by atoms with Crippen LogP contribution < -0.4 is 0 Å². The lowest BCUT2D eigenvalue weighted by atomic mass is 10.1. The van der Waals surface area contributed by atoms with Crippen molar-refractivity contribution in [2.75, 3.05) is 6.54 Å². The maximum Gasteiger partial charge on any atom is 0.335 e. The van der Waals surface area contributed by atoms with Gasteiger partial charge in [0.2, 0.25) is 10.0 Å². The van der Waals surface area contributed by atoms with Gasteiger partial charge in [0.05, 0.1) is 11.3 Å². The van der Waals surface area contributed by atoms with Gasteiger partial charge in [0.1, 0.15) is 0 Å². The van der Waals surface area contributed by atoms with Gasteiger partial charge >= 0.3 is 5.97 Å². The highest BCUT2D eigenvalue weighted by molar-refractivity contribution is 7.88. The molecule has 2 aliphatic carbocycles. The van der Waals surface area contributed by atoms with Crippen LogP contribution in [0.2, 0.25) is 0 Å². The molecule has 0 amide bonds. The Bertz CT molecular complexity index is 630. The lowest BCUT2D eigenvalue weighted by Crippen LogP contribution is -2.35. The lowest BCUT2D eigenvalue weighted by Gasteiger charge is -2.21. The van der Waals surface area contributed by atoms with Crippen LogP contribution in [0.1, 0.15) is 41.6 Å². The highest BCUT2D eigenvalue weighted by Gasteiger charge is 2.40. The smallest absolute Gasteiger partial charge is 0.335 e. The summed E-state index contributed by atoms with van der Waals surface area (Å²) in [4.78, 5) is 10.8. The van der Waals surface area contributed by atoms with Crippen molar-refractivity contribution in [2.24, 2.45) is 5.92 Å². The first kappa shape index (κ1) is 14.5. The first-order valence-corrected chi connectivity index (χ1v) is 8.88. The van der Waals surface area contributed by atoms with Crippen LogP contribution >= 0.6 is 0 Å². The molecular weight excluding hydrogens is 290 g/mol. The minimum atomic E-state index is -3.31. The number of nitrogens with zero attached hydrogens (tertiary/aromatic N) is 1. The fourth-order valence-corrected chi connectivity index (χ4v) is 4.33. The van der Waals surface area contributed by atoms with Crippen LogP contribution in [0.5, 0.6) is 0 Å². The van der Waals surface area contributed by atoms with Crippen molar-refractivity contribution in [1.29, 1.82) is 0 Å². The summed E-state index contributed by atoms with van der Waals surface area (Å²) in [6.07, 6.45) is 4.19. The predicted molar refractivity (Wildman–Crippen MR) is 78.5 cm³/mol. The van der Waals surface area contributed by atoms with Gasteiger partial charge in [-0.25, -0.2) is 13.2 Å². The Morgan fingerprint density at radius 3 is 2.24 bits per heavy atom. The fourth-order valence-electron chi connectivity index (χ4n) is 2.44. The summed E-state index contributed by atoms with van der Waals surface area (Å²) in [7, 11) is -3.31. The molecule has 0 aromatic heterocycles. The van der Waals surface area contributed by atoms with E-state index in [9.17, 15) is 13.2 Å². The van der Waals surface area contributed by atoms with Gasteiger partial charge in [-0.15, -0.1) is 0 Å². The zero-order valence-corrected chi connectivity index (χ0v) is 12.6. The molecule has 1 aromatic carbocycles. The Hall–Kier alpha value is -1.40. The van der Waals surface area contributed by atoms with E-state index in [-0.39, 0.29) is 17.4 Å². The summed E-state index contributed by atoms with van der Waals surface area (Å²) in [6, 6.07) is 6.27. The number of carboxylic acids is 1. The van der Waals surface area contributed by atoms with Crippen molar-refractivity contribution in [3.63, 3.8) is 0 Å². The van der Waals surface area contributed by atoms with Crippen LogP contribution in [0.25, 0.3) is 0 Å². The molecule has 2 fully saturated rings. The van der Waals surface area contributed by atoms with E-state index in [1.54, 1.807) is 16.4 Å². The Morgan fingerprint density at radius 1 is 1.14 bits per heavy atom. The van der Waals surface area contributed by atoms with Crippen LogP contribution in [0.15, 0.2) is 24.3 Å². The summed E-state index contributed by atoms with van der Waals surface area (Å²) in [5.74, 6) is -0.511. The van der Waals surface area contributed by atoms with Crippen molar-refractivity contribution in [3.05, 3.63) is 35.4 Å². The summed E-state index contributed by atoms with van der Waals surface area (Å²) in [6.45, 7) is 0.653. The lowest BCUT2D eigenvalue weighted by molar-refractivity contribution is 0.0697. The second-order valence-corrected chi connectivity index (χ2v) is 7.92. The topological polar surface area (TPSA) is 74.7 Å². The number of carbonyl (C=O) groups is 1. The molecule has 114 valence electrons. The van der Waals surface area contributed by atoms with E-state index in [1.165, 1.54) is 12.1 Å². The molecule has 0 spiro atoms. The van der Waals surface area contributed by atoms with E-state index in [2.05, 4.69) is 0 Å².